The number of aryl methyl sites for hydroxylation is 1. The van der Waals surface area contributed by atoms with Gasteiger partial charge in [0, 0.05) is 11.9 Å². The van der Waals surface area contributed by atoms with E-state index in [9.17, 15) is 12.8 Å². The summed E-state index contributed by atoms with van der Waals surface area (Å²) in [5, 5.41) is 0. The summed E-state index contributed by atoms with van der Waals surface area (Å²) < 4.78 is 45.3. The highest BCUT2D eigenvalue weighted by Crippen LogP contribution is 2.29. The van der Waals surface area contributed by atoms with Gasteiger partial charge >= 0.3 is 0 Å². The number of aromatic nitrogens is 1. The lowest BCUT2D eigenvalue weighted by Crippen LogP contribution is -2.14. The number of sulfonamides is 1. The molecule has 3 N–H and O–H groups in total. The van der Waals surface area contributed by atoms with E-state index in [0.717, 1.165) is 12.1 Å². The average Bonchev–Trinajstić information content (AvgIpc) is 2.37. The van der Waals surface area contributed by atoms with Crippen molar-refractivity contribution in [2.75, 3.05) is 17.6 Å². The lowest BCUT2D eigenvalue weighted by atomic mass is 10.3. The molecule has 6 nitrogen and oxygen atoms in total. The number of rotatable bonds is 4. The molecule has 8 heteroatoms. The van der Waals surface area contributed by atoms with Gasteiger partial charge in [0.25, 0.3) is 10.0 Å². The normalized spacial score (nSPS) is 11.2. The van der Waals surface area contributed by atoms with Gasteiger partial charge in [0.05, 0.1) is 23.4 Å². The number of anilines is 2. The first-order chi connectivity index (χ1) is 9.83. The Bertz CT molecular complexity index is 755. The molecule has 0 radical (unpaired) electrons. The zero-order chi connectivity index (χ0) is 15.6. The number of benzene rings is 1. The van der Waals surface area contributed by atoms with Crippen molar-refractivity contribution < 1.29 is 17.5 Å². The van der Waals surface area contributed by atoms with Crippen LogP contribution in [0.15, 0.2) is 35.4 Å². The molecule has 0 bridgehead atoms. The number of hydrogen-bond acceptors (Lipinski definition) is 5. The van der Waals surface area contributed by atoms with E-state index in [0.29, 0.717) is 11.4 Å². The topological polar surface area (TPSA) is 94.3 Å². The molecule has 0 saturated heterocycles. The van der Waals surface area contributed by atoms with Crippen LogP contribution in [0.2, 0.25) is 0 Å². The van der Waals surface area contributed by atoms with E-state index >= 15 is 0 Å². The summed E-state index contributed by atoms with van der Waals surface area (Å²) in [6.07, 6.45) is 1.47. The van der Waals surface area contributed by atoms with Crippen molar-refractivity contribution in [3.05, 3.63) is 42.0 Å². The first-order valence-electron chi connectivity index (χ1n) is 5.92. The van der Waals surface area contributed by atoms with Crippen LogP contribution in [0, 0.1) is 12.7 Å². The number of nitrogens with one attached hydrogen (secondary N) is 1. The van der Waals surface area contributed by atoms with Crippen molar-refractivity contribution in [1.29, 1.82) is 0 Å². The Hall–Kier alpha value is -2.35. The van der Waals surface area contributed by atoms with E-state index < -0.39 is 15.8 Å². The third kappa shape index (κ3) is 3.22. The molecule has 0 saturated carbocycles. The number of nitrogens with two attached hydrogens (primary N) is 1. The van der Waals surface area contributed by atoms with E-state index in [4.69, 9.17) is 10.5 Å². The van der Waals surface area contributed by atoms with Gasteiger partial charge in [-0.15, -0.1) is 0 Å². The fourth-order valence-corrected chi connectivity index (χ4v) is 2.88. The minimum atomic E-state index is -3.95. The number of nitrogen functional groups attached to an aromatic ring is 1. The Morgan fingerprint density at radius 2 is 2.05 bits per heavy atom. The van der Waals surface area contributed by atoms with Crippen molar-refractivity contribution in [1.82, 2.24) is 4.98 Å². The van der Waals surface area contributed by atoms with Crippen molar-refractivity contribution in [2.45, 2.75) is 11.8 Å². The van der Waals surface area contributed by atoms with Gasteiger partial charge in [-0.2, -0.15) is 0 Å². The van der Waals surface area contributed by atoms with Crippen LogP contribution >= 0.6 is 0 Å². The molecular formula is C13H14FN3O3S. The summed E-state index contributed by atoms with van der Waals surface area (Å²) in [6.45, 7) is 1.73. The predicted octanol–water partition coefficient (Wildman–Crippen LogP) is 1.92. The van der Waals surface area contributed by atoms with Crippen molar-refractivity contribution >= 4 is 21.4 Å². The van der Waals surface area contributed by atoms with E-state index in [2.05, 4.69) is 9.71 Å². The highest BCUT2D eigenvalue weighted by molar-refractivity contribution is 7.92. The van der Waals surface area contributed by atoms with E-state index in [1.54, 1.807) is 13.0 Å². The second kappa shape index (κ2) is 5.57. The van der Waals surface area contributed by atoms with Crippen LogP contribution in [0.25, 0.3) is 0 Å². The monoisotopic (exact) mass is 311 g/mol. The second-order valence-electron chi connectivity index (χ2n) is 4.32. The lowest BCUT2D eigenvalue weighted by molar-refractivity contribution is 0.388. The van der Waals surface area contributed by atoms with E-state index in [-0.39, 0.29) is 16.3 Å². The first kappa shape index (κ1) is 15.0. The number of methoxy groups -OCH3 is 1. The summed E-state index contributed by atoms with van der Waals surface area (Å²) >= 11 is 0. The minimum Gasteiger partial charge on any atom is -0.492 e. The fourth-order valence-electron chi connectivity index (χ4n) is 1.78. The molecule has 2 rings (SSSR count). The quantitative estimate of drug-likeness (QED) is 0.841. The Kier molecular flexibility index (Phi) is 3.99. The molecule has 0 aliphatic heterocycles. The number of hydrogen-bond donors (Lipinski definition) is 2. The van der Waals surface area contributed by atoms with E-state index in [1.165, 1.54) is 19.4 Å². The minimum absolute atomic E-state index is 0.0937. The first-order valence-corrected chi connectivity index (χ1v) is 7.40. The molecule has 0 atom stereocenters. The maximum absolute atomic E-state index is 13.7. The molecule has 1 aromatic carbocycles. The molecule has 1 aromatic heterocycles. The van der Waals surface area contributed by atoms with Crippen LogP contribution < -0.4 is 15.2 Å². The van der Waals surface area contributed by atoms with Crippen molar-refractivity contribution in [3.8, 4) is 5.75 Å². The smallest absolute Gasteiger partial charge is 0.262 e. The lowest BCUT2D eigenvalue weighted by Gasteiger charge is -2.11. The van der Waals surface area contributed by atoms with Crippen LogP contribution in [0.3, 0.4) is 0 Å². The van der Waals surface area contributed by atoms with Gasteiger partial charge in [-0.3, -0.25) is 9.71 Å². The van der Waals surface area contributed by atoms with Crippen LogP contribution in [-0.4, -0.2) is 20.5 Å². The van der Waals surface area contributed by atoms with Crippen molar-refractivity contribution in [2.24, 2.45) is 0 Å². The van der Waals surface area contributed by atoms with Gasteiger partial charge in [0.15, 0.2) is 11.6 Å². The zero-order valence-corrected chi connectivity index (χ0v) is 12.2. The molecular weight excluding hydrogens is 297 g/mol. The Morgan fingerprint density at radius 1 is 1.33 bits per heavy atom. The SMILES string of the molecule is COc1c(N)cc(S(=O)(=O)Nc2ccnc(C)c2)cc1F. The summed E-state index contributed by atoms with van der Waals surface area (Å²) in [4.78, 5) is 3.68. The van der Waals surface area contributed by atoms with Gasteiger partial charge < -0.3 is 10.5 Å². The molecule has 2 aromatic rings. The number of pyridine rings is 1. The highest BCUT2D eigenvalue weighted by atomic mass is 32.2. The molecule has 0 spiro atoms. The largest absolute Gasteiger partial charge is 0.492 e. The molecule has 0 amide bonds. The number of ether oxygens (including phenoxy) is 1. The van der Waals surface area contributed by atoms with Gasteiger partial charge in [-0.25, -0.2) is 12.8 Å². The van der Waals surface area contributed by atoms with Gasteiger partial charge in [-0.05, 0) is 31.2 Å². The Labute approximate surface area is 121 Å². The maximum Gasteiger partial charge on any atom is 0.262 e. The fraction of sp³-hybridized carbons (Fsp3) is 0.154. The molecule has 1 heterocycles. The van der Waals surface area contributed by atoms with Gasteiger partial charge in [0.2, 0.25) is 0 Å². The number of halogens is 1. The highest BCUT2D eigenvalue weighted by Gasteiger charge is 2.19. The van der Waals surface area contributed by atoms with Crippen LogP contribution in [-0.2, 0) is 10.0 Å². The second-order valence-corrected chi connectivity index (χ2v) is 6.00. The summed E-state index contributed by atoms with van der Waals surface area (Å²) in [7, 11) is -2.70. The molecule has 21 heavy (non-hydrogen) atoms. The van der Waals surface area contributed by atoms with E-state index in [1.807, 2.05) is 0 Å². The Balaban J connectivity index is 2.40. The Morgan fingerprint density at radius 3 is 2.62 bits per heavy atom. The molecule has 0 fully saturated rings. The zero-order valence-electron chi connectivity index (χ0n) is 11.4. The third-order valence-electron chi connectivity index (χ3n) is 2.71. The average molecular weight is 311 g/mol. The molecule has 112 valence electrons. The predicted molar refractivity (Wildman–Crippen MR) is 77.1 cm³/mol. The molecule has 0 aliphatic carbocycles. The van der Waals surface area contributed by atoms with Crippen LogP contribution in [0.1, 0.15) is 5.69 Å². The molecule has 0 unspecified atom stereocenters. The standard InChI is InChI=1S/C13H14FN3O3S/c1-8-5-9(3-4-16-8)17-21(18,19)10-6-11(14)13(20-2)12(15)7-10/h3-7H,15H2,1-2H3,(H,16,17). The molecule has 0 aliphatic rings. The summed E-state index contributed by atoms with van der Waals surface area (Å²) in [5.74, 6) is -1.03. The van der Waals surface area contributed by atoms with Crippen LogP contribution in [0.4, 0.5) is 15.8 Å². The van der Waals surface area contributed by atoms with Gasteiger partial charge in [0.1, 0.15) is 0 Å². The van der Waals surface area contributed by atoms with Crippen molar-refractivity contribution in [3.63, 3.8) is 0 Å². The van der Waals surface area contributed by atoms with Crippen LogP contribution in [0.5, 0.6) is 5.75 Å². The third-order valence-corrected chi connectivity index (χ3v) is 4.07. The summed E-state index contributed by atoms with van der Waals surface area (Å²) in [5.41, 5.74) is 6.47. The number of nitrogens with zero attached hydrogens (tertiary/aromatic N) is 1. The summed E-state index contributed by atoms with van der Waals surface area (Å²) in [6, 6.07) is 5.04. The van der Waals surface area contributed by atoms with Gasteiger partial charge in [-0.1, -0.05) is 0 Å². The maximum atomic E-state index is 13.7.